The lowest BCUT2D eigenvalue weighted by molar-refractivity contribution is -0.124. The maximum absolute atomic E-state index is 11.4. The van der Waals surface area contributed by atoms with Crippen LogP contribution in [0.2, 0.25) is 0 Å². The quantitative estimate of drug-likeness (QED) is 0.617. The Balaban J connectivity index is 4.22. The largest absolute Gasteiger partial charge is 0.300 e. The van der Waals surface area contributed by atoms with E-state index in [0.717, 1.165) is 0 Å². The Bertz CT molecular complexity index is 122. The summed E-state index contributed by atoms with van der Waals surface area (Å²) in [6.45, 7) is 6.08. The lowest BCUT2D eigenvalue weighted by Crippen LogP contribution is -2.39. The second-order valence-electron chi connectivity index (χ2n) is 3.47. The van der Waals surface area contributed by atoms with E-state index in [-0.39, 0.29) is 6.04 Å². The van der Waals surface area contributed by atoms with Gasteiger partial charge in [0.05, 0.1) is 6.04 Å². The average molecular weight is 157 g/mol. The van der Waals surface area contributed by atoms with Crippen LogP contribution in [0.15, 0.2) is 0 Å². The van der Waals surface area contributed by atoms with Gasteiger partial charge < -0.3 is 0 Å². The summed E-state index contributed by atoms with van der Waals surface area (Å²) in [5.41, 5.74) is 0. The highest BCUT2D eigenvalue weighted by Crippen LogP contribution is 2.09. The summed E-state index contributed by atoms with van der Waals surface area (Å²) in [5.74, 6) is 0.752. The van der Waals surface area contributed by atoms with E-state index in [1.807, 2.05) is 25.9 Å². The van der Waals surface area contributed by atoms with Crippen molar-refractivity contribution in [3.8, 4) is 0 Å². The van der Waals surface area contributed by atoms with Crippen LogP contribution in [-0.4, -0.2) is 30.8 Å². The summed E-state index contributed by atoms with van der Waals surface area (Å²) in [6, 6.07) is 0.0972. The predicted octanol–water partition coefficient (Wildman–Crippen LogP) is 1.55. The molecular formula is C9H19NO. The van der Waals surface area contributed by atoms with Crippen molar-refractivity contribution in [1.82, 2.24) is 4.90 Å². The van der Waals surface area contributed by atoms with Gasteiger partial charge in [0.2, 0.25) is 0 Å². The van der Waals surface area contributed by atoms with E-state index in [9.17, 15) is 4.79 Å². The molecule has 66 valence electrons. The molecule has 2 heteroatoms. The fourth-order valence-corrected chi connectivity index (χ4v) is 1.47. The molecule has 0 aromatic carbocycles. The van der Waals surface area contributed by atoms with Crippen molar-refractivity contribution < 1.29 is 4.79 Å². The van der Waals surface area contributed by atoms with E-state index in [0.29, 0.717) is 18.1 Å². The molecule has 0 saturated carbocycles. The minimum absolute atomic E-state index is 0.0972. The number of likely N-dealkylation sites (N-methyl/N-ethyl adjacent to an activating group) is 1. The highest BCUT2D eigenvalue weighted by Gasteiger charge is 2.21. The number of rotatable bonds is 4. The highest BCUT2D eigenvalue weighted by atomic mass is 16.1. The van der Waals surface area contributed by atoms with E-state index in [1.165, 1.54) is 0 Å². The first-order valence-electron chi connectivity index (χ1n) is 4.19. The third-order valence-electron chi connectivity index (χ3n) is 1.87. The molecule has 0 fully saturated rings. The number of carbonyl (C=O) groups is 1. The van der Waals surface area contributed by atoms with Crippen molar-refractivity contribution in [2.24, 2.45) is 5.92 Å². The zero-order valence-electron chi connectivity index (χ0n) is 8.22. The zero-order valence-corrected chi connectivity index (χ0v) is 8.22. The molecule has 2 nitrogen and oxygen atoms in total. The van der Waals surface area contributed by atoms with Crippen molar-refractivity contribution in [3.63, 3.8) is 0 Å². The summed E-state index contributed by atoms with van der Waals surface area (Å²) in [7, 11) is 3.91. The Kier molecular flexibility index (Phi) is 4.34. The number of carbonyl (C=O) groups excluding carboxylic acids is 1. The maximum Gasteiger partial charge on any atom is 0.149 e. The van der Waals surface area contributed by atoms with Gasteiger partial charge in [-0.05, 0) is 20.0 Å². The lowest BCUT2D eigenvalue weighted by Gasteiger charge is -2.25. The Labute approximate surface area is 69.6 Å². The molecule has 0 heterocycles. The molecule has 0 amide bonds. The van der Waals surface area contributed by atoms with Gasteiger partial charge in [0.25, 0.3) is 0 Å². The molecule has 0 aliphatic carbocycles. The zero-order chi connectivity index (χ0) is 9.02. The van der Waals surface area contributed by atoms with E-state index in [1.54, 1.807) is 0 Å². The molecule has 0 saturated heterocycles. The smallest absolute Gasteiger partial charge is 0.149 e. The van der Waals surface area contributed by atoms with Gasteiger partial charge in [0.1, 0.15) is 5.78 Å². The molecule has 0 rings (SSSR count). The Morgan fingerprint density at radius 1 is 1.36 bits per heavy atom. The first-order valence-corrected chi connectivity index (χ1v) is 4.19. The van der Waals surface area contributed by atoms with E-state index in [4.69, 9.17) is 0 Å². The minimum Gasteiger partial charge on any atom is -0.300 e. The topological polar surface area (TPSA) is 20.3 Å². The lowest BCUT2D eigenvalue weighted by atomic mass is 9.97. The van der Waals surface area contributed by atoms with Crippen molar-refractivity contribution in [2.45, 2.75) is 33.2 Å². The second-order valence-corrected chi connectivity index (χ2v) is 3.47. The normalized spacial score (nSPS) is 14.1. The second kappa shape index (κ2) is 4.50. The van der Waals surface area contributed by atoms with Gasteiger partial charge in [-0.3, -0.25) is 9.69 Å². The van der Waals surface area contributed by atoms with Crippen molar-refractivity contribution >= 4 is 5.78 Å². The molecule has 11 heavy (non-hydrogen) atoms. The standard InChI is InChI=1S/C9H19NO/c1-6-8(11)9(7(2)3)10(4)5/h7,9H,6H2,1-5H3. The molecule has 1 atom stereocenters. The van der Waals surface area contributed by atoms with Crippen LogP contribution in [0.5, 0.6) is 0 Å². The third-order valence-corrected chi connectivity index (χ3v) is 1.87. The van der Waals surface area contributed by atoms with Crippen LogP contribution in [0, 0.1) is 5.92 Å². The van der Waals surface area contributed by atoms with Gasteiger partial charge in [-0.15, -0.1) is 0 Å². The van der Waals surface area contributed by atoms with Crippen LogP contribution >= 0.6 is 0 Å². The van der Waals surface area contributed by atoms with E-state index in [2.05, 4.69) is 13.8 Å². The van der Waals surface area contributed by atoms with Gasteiger partial charge >= 0.3 is 0 Å². The maximum atomic E-state index is 11.4. The first-order chi connectivity index (χ1) is 5.00. The average Bonchev–Trinajstić information content (AvgIpc) is 1.85. The Morgan fingerprint density at radius 3 is 1.91 bits per heavy atom. The summed E-state index contributed by atoms with van der Waals surface area (Å²) in [6.07, 6.45) is 0.640. The van der Waals surface area contributed by atoms with Crippen LogP contribution in [0.3, 0.4) is 0 Å². The molecule has 0 N–H and O–H groups in total. The van der Waals surface area contributed by atoms with Crippen LogP contribution in [0.4, 0.5) is 0 Å². The van der Waals surface area contributed by atoms with Crippen molar-refractivity contribution in [3.05, 3.63) is 0 Å². The number of hydrogen-bond donors (Lipinski definition) is 0. The molecule has 0 radical (unpaired) electrons. The first kappa shape index (κ1) is 10.6. The van der Waals surface area contributed by atoms with E-state index < -0.39 is 0 Å². The molecule has 0 aromatic heterocycles. The number of hydrogen-bond acceptors (Lipinski definition) is 2. The van der Waals surface area contributed by atoms with Crippen LogP contribution in [0.1, 0.15) is 27.2 Å². The summed E-state index contributed by atoms with van der Waals surface area (Å²) >= 11 is 0. The molecule has 0 aliphatic rings. The van der Waals surface area contributed by atoms with Crippen molar-refractivity contribution in [2.75, 3.05) is 14.1 Å². The van der Waals surface area contributed by atoms with Gasteiger partial charge in [0, 0.05) is 6.42 Å². The fourth-order valence-electron chi connectivity index (χ4n) is 1.47. The Hall–Kier alpha value is -0.370. The SMILES string of the molecule is CCC(=O)C(C(C)C)N(C)C. The summed E-state index contributed by atoms with van der Waals surface area (Å²) in [4.78, 5) is 13.3. The molecule has 0 aromatic rings. The summed E-state index contributed by atoms with van der Waals surface area (Å²) < 4.78 is 0. The summed E-state index contributed by atoms with van der Waals surface area (Å²) in [5, 5.41) is 0. The molecule has 0 bridgehead atoms. The number of nitrogens with zero attached hydrogens (tertiary/aromatic N) is 1. The third kappa shape index (κ3) is 3.02. The van der Waals surface area contributed by atoms with Gasteiger partial charge in [-0.1, -0.05) is 20.8 Å². The van der Waals surface area contributed by atoms with Gasteiger partial charge in [-0.25, -0.2) is 0 Å². The fraction of sp³-hybridized carbons (Fsp3) is 0.889. The minimum atomic E-state index is 0.0972. The number of Topliss-reactive ketones (excluding diaryl/α,β-unsaturated/α-hetero) is 1. The van der Waals surface area contributed by atoms with Gasteiger partial charge in [-0.2, -0.15) is 0 Å². The van der Waals surface area contributed by atoms with Crippen LogP contribution in [-0.2, 0) is 4.79 Å². The van der Waals surface area contributed by atoms with Gasteiger partial charge in [0.15, 0.2) is 0 Å². The van der Waals surface area contributed by atoms with Crippen LogP contribution in [0.25, 0.3) is 0 Å². The predicted molar refractivity (Wildman–Crippen MR) is 47.6 cm³/mol. The molecule has 0 aliphatic heterocycles. The van der Waals surface area contributed by atoms with Crippen LogP contribution < -0.4 is 0 Å². The van der Waals surface area contributed by atoms with Crippen molar-refractivity contribution in [1.29, 1.82) is 0 Å². The van der Waals surface area contributed by atoms with E-state index >= 15 is 0 Å². The molecule has 1 unspecified atom stereocenters. The highest BCUT2D eigenvalue weighted by molar-refractivity contribution is 5.83. The monoisotopic (exact) mass is 157 g/mol. The molecule has 0 spiro atoms. The Morgan fingerprint density at radius 2 is 1.82 bits per heavy atom. The molecular weight excluding hydrogens is 138 g/mol. The number of ketones is 1.